The van der Waals surface area contributed by atoms with Gasteiger partial charge in [-0.05, 0) is 24.3 Å². The number of carbonyl (C=O) groups is 1. The number of nitrogens with zero attached hydrogens (tertiary/aromatic N) is 3. The van der Waals surface area contributed by atoms with Gasteiger partial charge in [0.15, 0.2) is 17.6 Å². The fourth-order valence-corrected chi connectivity index (χ4v) is 5.58. The fraction of sp³-hybridized carbons (Fsp3) is 0.185. The highest BCUT2D eigenvalue weighted by Gasteiger charge is 2.38. The molecule has 0 spiro atoms. The first-order chi connectivity index (χ1) is 16.8. The Balaban J connectivity index is 1.34. The number of hydrogen-bond acceptors (Lipinski definition) is 5. The van der Waals surface area contributed by atoms with Crippen molar-refractivity contribution < 1.29 is 14.3 Å². The Bertz CT molecular complexity index is 1310. The van der Waals surface area contributed by atoms with Crippen LogP contribution in [0.1, 0.15) is 10.9 Å². The number of amides is 1. The zero-order valence-corrected chi connectivity index (χ0v) is 19.2. The minimum Gasteiger partial charge on any atom is -0.486 e. The molecule has 1 saturated heterocycles. The highest BCUT2D eigenvalue weighted by Crippen LogP contribution is 2.43. The lowest BCUT2D eigenvalue weighted by atomic mass is 10.1. The van der Waals surface area contributed by atoms with Gasteiger partial charge in [0.05, 0.1) is 23.7 Å². The van der Waals surface area contributed by atoms with Crippen molar-refractivity contribution in [2.75, 3.05) is 18.9 Å². The van der Waals surface area contributed by atoms with Crippen LogP contribution in [-0.4, -0.2) is 45.6 Å². The molecule has 0 aliphatic carbocycles. The molecule has 1 amide bonds. The Morgan fingerprint density at radius 3 is 2.41 bits per heavy atom. The Hall–Kier alpha value is -3.71. The summed E-state index contributed by atoms with van der Waals surface area (Å²) in [7, 11) is 0. The van der Waals surface area contributed by atoms with Crippen molar-refractivity contribution >= 4 is 17.7 Å². The number of fused-ring (bicyclic) bond motifs is 1. The van der Waals surface area contributed by atoms with Crippen LogP contribution in [0.2, 0.25) is 0 Å². The number of rotatable bonds is 5. The lowest BCUT2D eigenvalue weighted by Gasteiger charge is -2.32. The normalized spacial score (nSPS) is 19.4. The highest BCUT2D eigenvalue weighted by molar-refractivity contribution is 8.00. The van der Waals surface area contributed by atoms with E-state index in [1.807, 2.05) is 82.4 Å². The largest absolute Gasteiger partial charge is 0.486 e. The molecule has 2 aliphatic heterocycles. The van der Waals surface area contributed by atoms with Crippen LogP contribution in [0.3, 0.4) is 0 Å². The van der Waals surface area contributed by atoms with Gasteiger partial charge in [-0.2, -0.15) is 5.10 Å². The van der Waals surface area contributed by atoms with E-state index in [0.717, 1.165) is 34.0 Å². The molecule has 6 nitrogen and oxygen atoms in total. The SMILES string of the molecule is O=C1CS[C@H](c2cn(-c3ccccc3)nc2-c2ccccc2)N1C[C@@H]1COc2ccccc2O1. The number of thioether (sulfide) groups is 1. The van der Waals surface area contributed by atoms with Crippen LogP contribution < -0.4 is 9.47 Å². The summed E-state index contributed by atoms with van der Waals surface area (Å²) < 4.78 is 14.0. The third kappa shape index (κ3) is 3.92. The summed E-state index contributed by atoms with van der Waals surface area (Å²) in [6.45, 7) is 0.864. The zero-order valence-electron chi connectivity index (χ0n) is 18.4. The first kappa shape index (κ1) is 20.9. The predicted molar refractivity (Wildman–Crippen MR) is 132 cm³/mol. The van der Waals surface area contributed by atoms with Crippen molar-refractivity contribution in [1.82, 2.24) is 14.7 Å². The lowest BCUT2D eigenvalue weighted by molar-refractivity contribution is -0.129. The van der Waals surface area contributed by atoms with E-state index in [1.54, 1.807) is 11.8 Å². The first-order valence-corrected chi connectivity index (χ1v) is 12.3. The van der Waals surface area contributed by atoms with Crippen LogP contribution in [0, 0.1) is 0 Å². The van der Waals surface area contributed by atoms with Gasteiger partial charge in [0.25, 0.3) is 0 Å². The van der Waals surface area contributed by atoms with E-state index in [1.165, 1.54) is 0 Å². The second kappa shape index (κ2) is 8.91. The van der Waals surface area contributed by atoms with E-state index in [2.05, 4.69) is 18.3 Å². The maximum atomic E-state index is 13.0. The molecule has 1 fully saturated rings. The van der Waals surface area contributed by atoms with Crippen molar-refractivity contribution in [2.45, 2.75) is 11.5 Å². The van der Waals surface area contributed by atoms with Gasteiger partial charge >= 0.3 is 0 Å². The molecule has 0 saturated carbocycles. The molecular weight excluding hydrogens is 446 g/mol. The first-order valence-electron chi connectivity index (χ1n) is 11.3. The summed E-state index contributed by atoms with van der Waals surface area (Å²) >= 11 is 1.63. The molecule has 0 unspecified atom stereocenters. The maximum Gasteiger partial charge on any atom is 0.233 e. The molecule has 34 heavy (non-hydrogen) atoms. The average Bonchev–Trinajstić information content (AvgIpc) is 3.49. The molecule has 0 N–H and O–H groups in total. The van der Waals surface area contributed by atoms with Crippen LogP contribution in [0.15, 0.2) is 91.1 Å². The van der Waals surface area contributed by atoms with Gasteiger partial charge in [0, 0.05) is 17.3 Å². The second-order valence-electron chi connectivity index (χ2n) is 8.29. The van der Waals surface area contributed by atoms with Crippen LogP contribution in [0.5, 0.6) is 11.5 Å². The van der Waals surface area contributed by atoms with Crippen molar-refractivity contribution in [3.05, 3.63) is 96.7 Å². The van der Waals surface area contributed by atoms with Crippen LogP contribution >= 0.6 is 11.8 Å². The van der Waals surface area contributed by atoms with E-state index in [4.69, 9.17) is 14.6 Å². The summed E-state index contributed by atoms with van der Waals surface area (Å²) in [6, 6.07) is 27.8. The summed E-state index contributed by atoms with van der Waals surface area (Å²) in [5.41, 5.74) is 3.90. The summed E-state index contributed by atoms with van der Waals surface area (Å²) in [5.74, 6) is 1.99. The number of carbonyl (C=O) groups excluding carboxylic acids is 1. The molecule has 4 aromatic rings. The van der Waals surface area contributed by atoms with Crippen molar-refractivity contribution in [3.63, 3.8) is 0 Å². The highest BCUT2D eigenvalue weighted by atomic mass is 32.2. The third-order valence-corrected chi connectivity index (χ3v) is 7.25. The molecular formula is C27H23N3O3S. The van der Waals surface area contributed by atoms with Gasteiger partial charge in [-0.1, -0.05) is 60.7 Å². The molecule has 2 aliphatic rings. The minimum absolute atomic E-state index is 0.101. The van der Waals surface area contributed by atoms with Gasteiger partial charge in [0.1, 0.15) is 12.0 Å². The Kier molecular flexibility index (Phi) is 5.47. The second-order valence-corrected chi connectivity index (χ2v) is 9.35. The Morgan fingerprint density at radius 1 is 0.912 bits per heavy atom. The van der Waals surface area contributed by atoms with E-state index in [9.17, 15) is 4.79 Å². The van der Waals surface area contributed by atoms with Gasteiger partial charge < -0.3 is 14.4 Å². The molecule has 170 valence electrons. The smallest absolute Gasteiger partial charge is 0.233 e. The number of para-hydroxylation sites is 3. The number of aromatic nitrogens is 2. The van der Waals surface area contributed by atoms with Gasteiger partial charge in [-0.3, -0.25) is 4.79 Å². The Labute approximate surface area is 202 Å². The summed E-state index contributed by atoms with van der Waals surface area (Å²) in [6.07, 6.45) is 1.82. The fourth-order valence-electron chi connectivity index (χ4n) is 4.38. The van der Waals surface area contributed by atoms with E-state index in [0.29, 0.717) is 18.9 Å². The molecule has 0 radical (unpaired) electrons. The van der Waals surface area contributed by atoms with Gasteiger partial charge in [0.2, 0.25) is 5.91 Å². The van der Waals surface area contributed by atoms with Gasteiger partial charge in [-0.15, -0.1) is 11.8 Å². The maximum absolute atomic E-state index is 13.0. The number of benzene rings is 3. The number of ether oxygens (including phenoxy) is 2. The molecule has 6 rings (SSSR count). The number of hydrogen-bond donors (Lipinski definition) is 0. The Morgan fingerprint density at radius 2 is 1.62 bits per heavy atom. The molecule has 1 aromatic heterocycles. The molecule has 0 bridgehead atoms. The predicted octanol–water partition coefficient (Wildman–Crippen LogP) is 4.95. The van der Waals surface area contributed by atoms with E-state index < -0.39 is 0 Å². The monoisotopic (exact) mass is 469 g/mol. The van der Waals surface area contributed by atoms with E-state index in [-0.39, 0.29) is 17.4 Å². The van der Waals surface area contributed by atoms with Gasteiger partial charge in [-0.25, -0.2) is 4.68 Å². The average molecular weight is 470 g/mol. The third-order valence-electron chi connectivity index (χ3n) is 6.01. The standard InChI is InChI=1S/C27H23N3O3S/c31-25-18-34-27(29(25)15-21-17-32-23-13-7-8-14-24(23)33-21)22-16-30(20-11-5-2-6-12-20)28-26(22)19-9-3-1-4-10-19/h1-14,16,21,27H,15,17-18H2/t21-,27-/m1/s1. The summed E-state index contributed by atoms with van der Waals surface area (Å²) in [4.78, 5) is 14.9. The molecule has 2 atom stereocenters. The molecule has 3 heterocycles. The quantitative estimate of drug-likeness (QED) is 0.414. The van der Waals surface area contributed by atoms with Crippen molar-refractivity contribution in [2.24, 2.45) is 0 Å². The lowest BCUT2D eigenvalue weighted by Crippen LogP contribution is -2.42. The topological polar surface area (TPSA) is 56.6 Å². The minimum atomic E-state index is -0.232. The van der Waals surface area contributed by atoms with Crippen molar-refractivity contribution in [3.8, 4) is 28.4 Å². The molecule has 7 heteroatoms. The van der Waals surface area contributed by atoms with Crippen molar-refractivity contribution in [1.29, 1.82) is 0 Å². The zero-order chi connectivity index (χ0) is 22.9. The van der Waals surface area contributed by atoms with E-state index >= 15 is 0 Å². The van der Waals surface area contributed by atoms with Crippen LogP contribution in [0.4, 0.5) is 0 Å². The molecule has 3 aromatic carbocycles. The van der Waals surface area contributed by atoms with Crippen LogP contribution in [0.25, 0.3) is 16.9 Å². The summed E-state index contributed by atoms with van der Waals surface area (Å²) in [5, 5.41) is 4.79. The van der Waals surface area contributed by atoms with Crippen LogP contribution in [-0.2, 0) is 4.79 Å².